The van der Waals surface area contributed by atoms with Gasteiger partial charge in [-0.25, -0.2) is 0 Å². The van der Waals surface area contributed by atoms with Gasteiger partial charge in [0.2, 0.25) is 0 Å². The second kappa shape index (κ2) is 14.2. The summed E-state index contributed by atoms with van der Waals surface area (Å²) in [7, 11) is 0. The summed E-state index contributed by atoms with van der Waals surface area (Å²) in [4.78, 5) is 16.4. The first-order valence-corrected chi connectivity index (χ1v) is 15.8. The highest BCUT2D eigenvalue weighted by molar-refractivity contribution is 6.31. The number of carbonyl (C=O) groups is 1. The molecule has 0 spiro atoms. The number of anilines is 2. The third kappa shape index (κ3) is 7.88. The van der Waals surface area contributed by atoms with Crippen LogP contribution < -0.4 is 9.80 Å². The maximum atomic E-state index is 13.8. The summed E-state index contributed by atoms with van der Waals surface area (Å²) in [6.45, 7) is 10.9. The molecule has 11 heteroatoms. The van der Waals surface area contributed by atoms with Crippen LogP contribution >= 0.6 is 11.6 Å². The van der Waals surface area contributed by atoms with E-state index in [0.717, 1.165) is 61.9 Å². The molecule has 0 amide bonds. The minimum atomic E-state index is -4.43. The van der Waals surface area contributed by atoms with E-state index >= 15 is 0 Å². The first-order chi connectivity index (χ1) is 21.2. The lowest BCUT2D eigenvalue weighted by Crippen LogP contribution is -2.47. The van der Waals surface area contributed by atoms with Gasteiger partial charge in [-0.1, -0.05) is 29.8 Å². The van der Waals surface area contributed by atoms with E-state index in [9.17, 15) is 18.0 Å². The van der Waals surface area contributed by atoms with Gasteiger partial charge in [0.25, 0.3) is 6.47 Å². The number of hydrogen-bond acceptors (Lipinski definition) is 6. The summed E-state index contributed by atoms with van der Waals surface area (Å²) in [5, 5.41) is 4.76. The number of piperazine rings is 1. The monoisotopic (exact) mass is 631 g/mol. The smallest absolute Gasteiger partial charge is 0.433 e. The van der Waals surface area contributed by atoms with Gasteiger partial charge in [-0.05, 0) is 80.8 Å². The van der Waals surface area contributed by atoms with Crippen molar-refractivity contribution in [1.29, 1.82) is 0 Å². The standard InChI is InChI=1S/C30H35ClF3N5.C3H6O2/c1-21-18-35-39(29(21)30(32,33)34)26-3-2-12-38(20-26)28-17-24(31)8-11-27(28)23-6-9-25(10-7-23)37-15-13-36(14-16-37)19-22-4-5-22;1-2-5-3-4/h6-11,17-18,22,26H,2-5,12-16,19-20H2,1H3;3H,2H2,1H3. The number of piperidine rings is 1. The molecule has 238 valence electrons. The van der Waals surface area contributed by atoms with E-state index in [1.165, 1.54) is 42.9 Å². The highest BCUT2D eigenvalue weighted by Gasteiger charge is 2.39. The maximum Gasteiger partial charge on any atom is 0.433 e. The van der Waals surface area contributed by atoms with Gasteiger partial charge >= 0.3 is 6.18 Å². The van der Waals surface area contributed by atoms with E-state index in [1.807, 2.05) is 18.2 Å². The van der Waals surface area contributed by atoms with Crippen LogP contribution in [0.1, 0.15) is 49.9 Å². The van der Waals surface area contributed by atoms with Gasteiger partial charge < -0.3 is 14.5 Å². The molecule has 1 saturated carbocycles. The Bertz CT molecular complexity index is 1390. The second-order valence-electron chi connectivity index (χ2n) is 11.9. The Labute approximate surface area is 262 Å². The molecule has 3 aromatic rings. The molecule has 1 unspecified atom stereocenters. The minimum Gasteiger partial charge on any atom is -0.468 e. The van der Waals surface area contributed by atoms with Gasteiger partial charge in [0.15, 0.2) is 0 Å². The van der Waals surface area contributed by atoms with E-state index in [-0.39, 0.29) is 11.6 Å². The van der Waals surface area contributed by atoms with Crippen molar-refractivity contribution >= 4 is 29.4 Å². The fraction of sp³-hybridized carbons (Fsp3) is 0.515. The number of alkyl halides is 3. The van der Waals surface area contributed by atoms with Crippen molar-refractivity contribution in [2.24, 2.45) is 5.92 Å². The molecule has 2 aromatic carbocycles. The van der Waals surface area contributed by atoms with E-state index in [1.54, 1.807) is 6.92 Å². The highest BCUT2D eigenvalue weighted by Crippen LogP contribution is 2.39. The van der Waals surface area contributed by atoms with Gasteiger partial charge in [0.1, 0.15) is 5.69 Å². The third-order valence-electron chi connectivity index (χ3n) is 8.65. The summed E-state index contributed by atoms with van der Waals surface area (Å²) < 4.78 is 46.7. The first-order valence-electron chi connectivity index (χ1n) is 15.5. The molecule has 2 aliphatic heterocycles. The summed E-state index contributed by atoms with van der Waals surface area (Å²) in [6, 6.07) is 14.1. The van der Waals surface area contributed by atoms with E-state index < -0.39 is 11.9 Å². The molecule has 6 rings (SSSR count). The zero-order valence-corrected chi connectivity index (χ0v) is 26.2. The molecule has 0 radical (unpaired) electrons. The van der Waals surface area contributed by atoms with E-state index in [4.69, 9.17) is 11.6 Å². The van der Waals surface area contributed by atoms with Crippen LogP contribution in [0.5, 0.6) is 0 Å². The number of hydrogen-bond donors (Lipinski definition) is 0. The number of halogens is 4. The third-order valence-corrected chi connectivity index (χ3v) is 8.89. The lowest BCUT2D eigenvalue weighted by molar-refractivity contribution is -0.145. The predicted molar refractivity (Wildman–Crippen MR) is 168 cm³/mol. The van der Waals surface area contributed by atoms with Crippen LogP contribution in [0.15, 0.2) is 48.7 Å². The van der Waals surface area contributed by atoms with Gasteiger partial charge in [-0.3, -0.25) is 14.4 Å². The average molecular weight is 632 g/mol. The van der Waals surface area contributed by atoms with Crippen LogP contribution in [-0.4, -0.2) is 73.6 Å². The average Bonchev–Trinajstić information content (AvgIpc) is 3.74. The lowest BCUT2D eigenvalue weighted by atomic mass is 9.99. The highest BCUT2D eigenvalue weighted by atomic mass is 35.5. The summed E-state index contributed by atoms with van der Waals surface area (Å²) >= 11 is 6.44. The Morgan fingerprint density at radius 1 is 1.00 bits per heavy atom. The van der Waals surface area contributed by atoms with Gasteiger partial charge in [0, 0.05) is 67.8 Å². The van der Waals surface area contributed by atoms with Gasteiger partial charge in [-0.15, -0.1) is 0 Å². The van der Waals surface area contributed by atoms with Gasteiger partial charge in [0.05, 0.1) is 18.8 Å². The molecule has 3 fully saturated rings. The van der Waals surface area contributed by atoms with Crippen molar-refractivity contribution in [3.8, 4) is 11.1 Å². The number of rotatable bonds is 8. The van der Waals surface area contributed by atoms with Crippen LogP contribution in [0.25, 0.3) is 11.1 Å². The Morgan fingerprint density at radius 2 is 1.73 bits per heavy atom. The molecule has 0 bridgehead atoms. The Kier molecular flexibility index (Phi) is 10.4. The number of aromatic nitrogens is 2. The number of aryl methyl sites for hydroxylation is 1. The Morgan fingerprint density at radius 3 is 2.34 bits per heavy atom. The molecule has 1 atom stereocenters. The lowest BCUT2D eigenvalue weighted by Gasteiger charge is -2.37. The number of ether oxygens (including phenoxy) is 1. The topological polar surface area (TPSA) is 53.8 Å². The first kappa shape index (κ1) is 32.2. The summed E-state index contributed by atoms with van der Waals surface area (Å²) in [5.41, 5.74) is 3.80. The van der Waals surface area contributed by atoms with Crippen LogP contribution in [0.2, 0.25) is 5.02 Å². The number of nitrogens with zero attached hydrogens (tertiary/aromatic N) is 5. The van der Waals surface area contributed by atoms with Crippen molar-refractivity contribution in [2.75, 3.05) is 62.2 Å². The SMILES string of the molecule is CCOC=O.Cc1cnn(C2CCCN(c3cc(Cl)ccc3-c3ccc(N4CCN(CC5CC5)CC4)cc3)C2)c1C(F)(F)F. The van der Waals surface area contributed by atoms with Crippen LogP contribution in [0, 0.1) is 12.8 Å². The molecule has 1 aromatic heterocycles. The van der Waals surface area contributed by atoms with Crippen molar-refractivity contribution in [1.82, 2.24) is 14.7 Å². The quantitative estimate of drug-likeness (QED) is 0.248. The molecule has 3 heterocycles. The fourth-order valence-electron chi connectivity index (χ4n) is 6.24. The zero-order valence-electron chi connectivity index (χ0n) is 25.4. The van der Waals surface area contributed by atoms with Gasteiger partial charge in [-0.2, -0.15) is 18.3 Å². The van der Waals surface area contributed by atoms with Crippen molar-refractivity contribution in [2.45, 2.75) is 51.7 Å². The predicted octanol–water partition coefficient (Wildman–Crippen LogP) is 7.08. The molecule has 0 N–H and O–H groups in total. The van der Waals surface area contributed by atoms with E-state index in [0.29, 0.717) is 31.1 Å². The summed E-state index contributed by atoms with van der Waals surface area (Å²) in [6.07, 6.45) is 1.10. The molecular weight excluding hydrogens is 591 g/mol. The van der Waals surface area contributed by atoms with Crippen LogP contribution in [0.4, 0.5) is 24.5 Å². The van der Waals surface area contributed by atoms with E-state index in [2.05, 4.69) is 48.8 Å². The Balaban J connectivity index is 0.000000712. The Hall–Kier alpha value is -3.24. The van der Waals surface area contributed by atoms with Crippen molar-refractivity contribution in [3.05, 3.63) is 64.9 Å². The zero-order chi connectivity index (χ0) is 31.3. The maximum absolute atomic E-state index is 13.8. The minimum absolute atomic E-state index is 0.160. The molecule has 2 saturated heterocycles. The summed E-state index contributed by atoms with van der Waals surface area (Å²) in [5.74, 6) is 0.926. The number of carbonyl (C=O) groups excluding carboxylic acids is 1. The van der Waals surface area contributed by atoms with Crippen molar-refractivity contribution in [3.63, 3.8) is 0 Å². The molecule has 3 aliphatic rings. The molecule has 1 aliphatic carbocycles. The van der Waals surface area contributed by atoms with Crippen LogP contribution in [-0.2, 0) is 15.7 Å². The van der Waals surface area contributed by atoms with Crippen molar-refractivity contribution < 1.29 is 22.7 Å². The molecular formula is C33H41ClF3N5O2. The second-order valence-corrected chi connectivity index (χ2v) is 12.3. The van der Waals surface area contributed by atoms with Crippen LogP contribution in [0.3, 0.4) is 0 Å². The normalized spacial score (nSPS) is 19.4. The largest absolute Gasteiger partial charge is 0.468 e. The fourth-order valence-corrected chi connectivity index (χ4v) is 6.40. The number of benzene rings is 2. The molecule has 7 nitrogen and oxygen atoms in total. The molecule has 44 heavy (non-hydrogen) atoms.